The maximum Gasteiger partial charge on any atom is 0.418 e. The molecule has 10 heteroatoms. The zero-order valence-electron chi connectivity index (χ0n) is 13.4. The standard InChI is InChI=1S/C16H13F3N2O5/c1-25-14-8-10(6-7-13(14)21(23)24)26-9-15(22)20-12-5-3-2-4-11(12)16(17,18)19/h2-8H,9H2,1H3,(H,20,22). The van der Waals surface area contributed by atoms with Crippen LogP contribution in [0.4, 0.5) is 24.5 Å². The summed E-state index contributed by atoms with van der Waals surface area (Å²) in [5.74, 6) is -0.805. The van der Waals surface area contributed by atoms with Crippen LogP contribution < -0.4 is 14.8 Å². The molecule has 138 valence electrons. The van der Waals surface area contributed by atoms with Gasteiger partial charge in [-0.25, -0.2) is 0 Å². The van der Waals surface area contributed by atoms with E-state index in [1.54, 1.807) is 0 Å². The summed E-state index contributed by atoms with van der Waals surface area (Å²) in [5.41, 5.74) is -1.66. The number of hydrogen-bond acceptors (Lipinski definition) is 5. The molecular weight excluding hydrogens is 357 g/mol. The van der Waals surface area contributed by atoms with Gasteiger partial charge in [-0.1, -0.05) is 12.1 Å². The number of rotatable bonds is 6. The van der Waals surface area contributed by atoms with Gasteiger partial charge in [-0.15, -0.1) is 0 Å². The molecule has 0 bridgehead atoms. The second-order valence-corrected chi connectivity index (χ2v) is 4.97. The number of methoxy groups -OCH3 is 1. The van der Waals surface area contributed by atoms with Gasteiger partial charge < -0.3 is 14.8 Å². The van der Waals surface area contributed by atoms with E-state index >= 15 is 0 Å². The number of nitrogens with one attached hydrogen (secondary N) is 1. The third kappa shape index (κ3) is 4.62. The van der Waals surface area contributed by atoms with Gasteiger partial charge in [0.2, 0.25) is 5.75 Å². The van der Waals surface area contributed by atoms with E-state index in [9.17, 15) is 28.1 Å². The normalized spacial score (nSPS) is 10.9. The smallest absolute Gasteiger partial charge is 0.418 e. The second-order valence-electron chi connectivity index (χ2n) is 4.97. The summed E-state index contributed by atoms with van der Waals surface area (Å²) in [5, 5.41) is 12.9. The van der Waals surface area contributed by atoms with E-state index in [0.717, 1.165) is 18.2 Å². The first-order valence-corrected chi connectivity index (χ1v) is 7.13. The Morgan fingerprint density at radius 2 is 1.92 bits per heavy atom. The van der Waals surface area contributed by atoms with Crippen molar-refractivity contribution < 1.29 is 32.4 Å². The van der Waals surface area contributed by atoms with Gasteiger partial charge in [-0.2, -0.15) is 13.2 Å². The second kappa shape index (κ2) is 7.72. The lowest BCUT2D eigenvalue weighted by atomic mass is 10.1. The van der Waals surface area contributed by atoms with Gasteiger partial charge in [0.1, 0.15) is 5.75 Å². The zero-order chi connectivity index (χ0) is 19.3. The maximum atomic E-state index is 12.9. The Balaban J connectivity index is 2.05. The van der Waals surface area contributed by atoms with Crippen LogP contribution in [0.1, 0.15) is 5.56 Å². The molecule has 0 aliphatic heterocycles. The Bertz CT molecular complexity index is 824. The van der Waals surface area contributed by atoms with Gasteiger partial charge in [0.25, 0.3) is 5.91 Å². The molecule has 1 amide bonds. The van der Waals surface area contributed by atoms with E-state index in [0.29, 0.717) is 0 Å². The molecule has 2 aromatic rings. The molecule has 0 atom stereocenters. The summed E-state index contributed by atoms with van der Waals surface area (Å²) < 4.78 is 48.7. The quantitative estimate of drug-likeness (QED) is 0.619. The van der Waals surface area contributed by atoms with Crippen LogP contribution in [0.3, 0.4) is 0 Å². The molecule has 2 rings (SSSR count). The van der Waals surface area contributed by atoms with E-state index in [2.05, 4.69) is 5.32 Å². The molecule has 0 saturated carbocycles. The number of carbonyl (C=O) groups excluding carboxylic acids is 1. The van der Waals surface area contributed by atoms with Crippen LogP contribution in [0.25, 0.3) is 0 Å². The average molecular weight is 370 g/mol. The molecule has 0 radical (unpaired) electrons. The molecule has 7 nitrogen and oxygen atoms in total. The Morgan fingerprint density at radius 3 is 2.54 bits per heavy atom. The van der Waals surface area contributed by atoms with Crippen molar-refractivity contribution in [1.82, 2.24) is 0 Å². The first-order valence-electron chi connectivity index (χ1n) is 7.13. The molecule has 0 spiro atoms. The fourth-order valence-electron chi connectivity index (χ4n) is 2.07. The number of nitrogens with zero attached hydrogens (tertiary/aromatic N) is 1. The van der Waals surface area contributed by atoms with Crippen molar-refractivity contribution in [2.45, 2.75) is 6.18 Å². The molecule has 0 saturated heterocycles. The SMILES string of the molecule is COc1cc(OCC(=O)Nc2ccccc2C(F)(F)F)ccc1[N+](=O)[O-]. The summed E-state index contributed by atoms with van der Waals surface area (Å²) in [7, 11) is 1.23. The highest BCUT2D eigenvalue weighted by molar-refractivity contribution is 5.92. The number of alkyl halides is 3. The zero-order valence-corrected chi connectivity index (χ0v) is 13.4. The molecule has 0 fully saturated rings. The van der Waals surface area contributed by atoms with Crippen molar-refractivity contribution in [3.8, 4) is 11.5 Å². The van der Waals surface area contributed by atoms with Crippen LogP contribution >= 0.6 is 0 Å². The van der Waals surface area contributed by atoms with Gasteiger partial charge in [0.05, 0.1) is 23.3 Å². The highest BCUT2D eigenvalue weighted by atomic mass is 19.4. The highest BCUT2D eigenvalue weighted by Gasteiger charge is 2.33. The van der Waals surface area contributed by atoms with Crippen LogP contribution in [0.2, 0.25) is 0 Å². The number of para-hydroxylation sites is 1. The summed E-state index contributed by atoms with van der Waals surface area (Å²) in [6.07, 6.45) is -4.61. The molecule has 1 N–H and O–H groups in total. The van der Waals surface area contributed by atoms with Crippen LogP contribution in [-0.4, -0.2) is 24.5 Å². The number of carbonyl (C=O) groups is 1. The lowest BCUT2D eigenvalue weighted by Crippen LogP contribution is -2.22. The monoisotopic (exact) mass is 370 g/mol. The number of hydrogen-bond donors (Lipinski definition) is 1. The van der Waals surface area contributed by atoms with Crippen molar-refractivity contribution >= 4 is 17.3 Å². The van der Waals surface area contributed by atoms with Crippen LogP contribution in [0, 0.1) is 10.1 Å². The average Bonchev–Trinajstić information content (AvgIpc) is 2.59. The minimum absolute atomic E-state index is 0.0738. The third-order valence-electron chi connectivity index (χ3n) is 3.22. The first-order chi connectivity index (χ1) is 12.2. The molecular formula is C16H13F3N2O5. The van der Waals surface area contributed by atoms with Gasteiger partial charge in [0, 0.05) is 12.1 Å². The van der Waals surface area contributed by atoms with Crippen molar-refractivity contribution in [2.75, 3.05) is 19.0 Å². The van der Waals surface area contributed by atoms with Crippen LogP contribution in [-0.2, 0) is 11.0 Å². The predicted molar refractivity (Wildman–Crippen MR) is 85.2 cm³/mol. The van der Waals surface area contributed by atoms with Gasteiger partial charge >= 0.3 is 11.9 Å². The molecule has 0 aliphatic carbocycles. The topological polar surface area (TPSA) is 90.7 Å². The summed E-state index contributed by atoms with van der Waals surface area (Å²) in [4.78, 5) is 22.0. The summed E-state index contributed by atoms with van der Waals surface area (Å²) >= 11 is 0. The van der Waals surface area contributed by atoms with Gasteiger partial charge in [0.15, 0.2) is 6.61 Å². The highest BCUT2D eigenvalue weighted by Crippen LogP contribution is 2.34. The first kappa shape index (κ1) is 19.0. The fraction of sp³-hybridized carbons (Fsp3) is 0.188. The number of halogens is 3. The maximum absolute atomic E-state index is 12.9. The molecule has 0 unspecified atom stereocenters. The number of benzene rings is 2. The van der Waals surface area contributed by atoms with E-state index < -0.39 is 34.9 Å². The number of nitro benzene ring substituents is 1. The number of nitro groups is 1. The summed E-state index contributed by atoms with van der Waals surface area (Å²) in [6.45, 7) is -0.590. The lowest BCUT2D eigenvalue weighted by Gasteiger charge is -2.14. The van der Waals surface area contributed by atoms with E-state index in [1.807, 2.05) is 0 Å². The Kier molecular flexibility index (Phi) is 5.65. The van der Waals surface area contributed by atoms with E-state index in [-0.39, 0.29) is 17.2 Å². The number of amides is 1. The van der Waals surface area contributed by atoms with Crippen molar-refractivity contribution in [2.24, 2.45) is 0 Å². The van der Waals surface area contributed by atoms with Crippen LogP contribution in [0.5, 0.6) is 11.5 Å². The fourth-order valence-corrected chi connectivity index (χ4v) is 2.07. The van der Waals surface area contributed by atoms with Crippen LogP contribution in [0.15, 0.2) is 42.5 Å². The van der Waals surface area contributed by atoms with Crippen molar-refractivity contribution in [3.63, 3.8) is 0 Å². The van der Waals surface area contributed by atoms with Gasteiger partial charge in [-0.3, -0.25) is 14.9 Å². The molecule has 0 heterocycles. The third-order valence-corrected chi connectivity index (χ3v) is 3.22. The van der Waals surface area contributed by atoms with E-state index in [1.165, 1.54) is 31.4 Å². The molecule has 0 aromatic heterocycles. The summed E-state index contributed by atoms with van der Waals surface area (Å²) in [6, 6.07) is 8.11. The Labute approximate surface area is 145 Å². The molecule has 26 heavy (non-hydrogen) atoms. The number of anilines is 1. The van der Waals surface area contributed by atoms with Crippen molar-refractivity contribution in [3.05, 3.63) is 58.1 Å². The molecule has 0 aliphatic rings. The van der Waals surface area contributed by atoms with E-state index in [4.69, 9.17) is 9.47 Å². The lowest BCUT2D eigenvalue weighted by molar-refractivity contribution is -0.385. The van der Waals surface area contributed by atoms with Crippen molar-refractivity contribution in [1.29, 1.82) is 0 Å². The largest absolute Gasteiger partial charge is 0.490 e. The predicted octanol–water partition coefficient (Wildman–Crippen LogP) is 3.64. The Morgan fingerprint density at radius 1 is 1.23 bits per heavy atom. The number of ether oxygens (including phenoxy) is 2. The Hall–Kier alpha value is -3.30. The minimum Gasteiger partial charge on any atom is -0.490 e. The van der Waals surface area contributed by atoms with Gasteiger partial charge in [-0.05, 0) is 18.2 Å². The molecule has 2 aromatic carbocycles. The minimum atomic E-state index is -4.61.